The highest BCUT2D eigenvalue weighted by Gasteiger charge is 2.24. The summed E-state index contributed by atoms with van der Waals surface area (Å²) in [5.41, 5.74) is 1.15. The third kappa shape index (κ3) is 3.20. The summed E-state index contributed by atoms with van der Waals surface area (Å²) in [7, 11) is 0. The van der Waals surface area contributed by atoms with Crippen molar-refractivity contribution in [2.24, 2.45) is 0 Å². The van der Waals surface area contributed by atoms with Crippen molar-refractivity contribution < 1.29 is 14.6 Å². The van der Waals surface area contributed by atoms with Crippen LogP contribution in [-0.2, 0) is 10.5 Å². The molecule has 1 saturated heterocycles. The Balaban J connectivity index is 1.88. The number of carboxylic acids is 1. The zero-order valence-electron chi connectivity index (χ0n) is 9.63. The molecule has 0 amide bonds. The minimum atomic E-state index is -0.936. The van der Waals surface area contributed by atoms with Crippen molar-refractivity contribution >= 4 is 17.7 Å². The molecule has 2 unspecified atom stereocenters. The molecular weight excluding hydrogens is 238 g/mol. The molecule has 1 aromatic heterocycles. The number of aromatic carboxylic acids is 1. The maximum atomic E-state index is 10.7. The average Bonchev–Trinajstić information content (AvgIpc) is 2.73. The molecule has 0 aliphatic carbocycles. The lowest BCUT2D eigenvalue weighted by Crippen LogP contribution is -2.13. The summed E-state index contributed by atoms with van der Waals surface area (Å²) in [6.07, 6.45) is 2.80. The number of nitrogens with zero attached hydrogens (tertiary/aromatic N) is 1. The first-order chi connectivity index (χ1) is 8.16. The fourth-order valence-corrected chi connectivity index (χ4v) is 2.93. The van der Waals surface area contributed by atoms with Crippen LogP contribution in [0.4, 0.5) is 0 Å². The first-order valence-corrected chi connectivity index (χ1v) is 6.63. The van der Waals surface area contributed by atoms with Gasteiger partial charge < -0.3 is 9.84 Å². The fraction of sp³-hybridized carbons (Fsp3) is 0.500. The number of rotatable bonds is 4. The summed E-state index contributed by atoms with van der Waals surface area (Å²) < 4.78 is 5.49. The second kappa shape index (κ2) is 5.51. The van der Waals surface area contributed by atoms with Crippen molar-refractivity contribution in [1.82, 2.24) is 4.98 Å². The Bertz CT molecular complexity index is 393. The molecule has 1 N–H and O–H groups in total. The summed E-state index contributed by atoms with van der Waals surface area (Å²) in [5, 5.41) is 9.28. The van der Waals surface area contributed by atoms with Gasteiger partial charge in [-0.2, -0.15) is 0 Å². The lowest BCUT2D eigenvalue weighted by molar-refractivity contribution is 0.0696. The quantitative estimate of drug-likeness (QED) is 0.891. The molecule has 1 aliphatic heterocycles. The average molecular weight is 253 g/mol. The first-order valence-electron chi connectivity index (χ1n) is 5.58. The molecule has 4 nitrogen and oxygen atoms in total. The Kier molecular flexibility index (Phi) is 4.02. The molecule has 0 aromatic carbocycles. The van der Waals surface area contributed by atoms with Crippen LogP contribution in [0.1, 0.15) is 29.4 Å². The van der Waals surface area contributed by atoms with Crippen LogP contribution in [-0.4, -0.2) is 34.0 Å². The smallest absolute Gasteiger partial charge is 0.337 e. The summed E-state index contributed by atoms with van der Waals surface area (Å²) in [6.45, 7) is 2.93. The zero-order valence-corrected chi connectivity index (χ0v) is 10.4. The molecule has 0 radical (unpaired) electrons. The first kappa shape index (κ1) is 12.4. The second-order valence-electron chi connectivity index (χ2n) is 4.06. The summed E-state index contributed by atoms with van der Waals surface area (Å²) in [5.74, 6) is -0.132. The molecule has 2 heterocycles. The van der Waals surface area contributed by atoms with Crippen LogP contribution in [0.25, 0.3) is 0 Å². The Labute approximate surface area is 104 Å². The summed E-state index contributed by atoms with van der Waals surface area (Å²) in [6, 6.07) is 3.37. The molecule has 92 valence electrons. The van der Waals surface area contributed by atoms with E-state index < -0.39 is 5.97 Å². The van der Waals surface area contributed by atoms with Gasteiger partial charge in [-0.05, 0) is 25.5 Å². The van der Waals surface area contributed by atoms with Crippen molar-refractivity contribution in [3.05, 3.63) is 29.6 Å². The molecule has 1 fully saturated rings. The SMILES string of the molecule is CC1OCCC1SCc1ccc(C(=O)O)cn1. The number of hydrogen-bond donors (Lipinski definition) is 1. The van der Waals surface area contributed by atoms with E-state index in [9.17, 15) is 4.79 Å². The highest BCUT2D eigenvalue weighted by molar-refractivity contribution is 7.99. The van der Waals surface area contributed by atoms with Gasteiger partial charge in [0.25, 0.3) is 0 Å². The van der Waals surface area contributed by atoms with Crippen LogP contribution >= 0.6 is 11.8 Å². The molecule has 2 rings (SSSR count). The number of carbonyl (C=O) groups is 1. The van der Waals surface area contributed by atoms with E-state index in [1.165, 1.54) is 6.20 Å². The zero-order chi connectivity index (χ0) is 12.3. The van der Waals surface area contributed by atoms with Gasteiger partial charge >= 0.3 is 5.97 Å². The molecule has 0 bridgehead atoms. The van der Waals surface area contributed by atoms with E-state index in [-0.39, 0.29) is 5.56 Å². The van der Waals surface area contributed by atoms with E-state index in [4.69, 9.17) is 9.84 Å². The highest BCUT2D eigenvalue weighted by atomic mass is 32.2. The van der Waals surface area contributed by atoms with Crippen molar-refractivity contribution in [2.45, 2.75) is 30.5 Å². The minimum absolute atomic E-state index is 0.233. The van der Waals surface area contributed by atoms with Crippen molar-refractivity contribution in [2.75, 3.05) is 6.61 Å². The Hall–Kier alpha value is -1.07. The number of carboxylic acid groups (broad SMARTS) is 1. The topological polar surface area (TPSA) is 59.4 Å². The molecule has 1 aromatic rings. The van der Waals surface area contributed by atoms with Crippen LogP contribution in [0, 0.1) is 0 Å². The number of thioether (sulfide) groups is 1. The largest absolute Gasteiger partial charge is 0.478 e. The van der Waals surface area contributed by atoms with Gasteiger partial charge in [-0.3, -0.25) is 4.98 Å². The van der Waals surface area contributed by atoms with Gasteiger partial charge in [0.2, 0.25) is 0 Å². The van der Waals surface area contributed by atoms with Crippen LogP contribution in [0.3, 0.4) is 0 Å². The van der Waals surface area contributed by atoms with Crippen molar-refractivity contribution in [1.29, 1.82) is 0 Å². The number of aromatic nitrogens is 1. The van der Waals surface area contributed by atoms with E-state index >= 15 is 0 Å². The predicted octanol–water partition coefficient (Wildman–Crippen LogP) is 2.19. The fourth-order valence-electron chi connectivity index (χ4n) is 1.76. The Morgan fingerprint density at radius 1 is 1.65 bits per heavy atom. The number of pyridine rings is 1. The van der Waals surface area contributed by atoms with Crippen molar-refractivity contribution in [3.8, 4) is 0 Å². The van der Waals surface area contributed by atoms with E-state index in [0.717, 1.165) is 24.5 Å². The maximum Gasteiger partial charge on any atom is 0.337 e. The summed E-state index contributed by atoms with van der Waals surface area (Å²) >= 11 is 1.82. The monoisotopic (exact) mass is 253 g/mol. The van der Waals surface area contributed by atoms with Crippen LogP contribution < -0.4 is 0 Å². The van der Waals surface area contributed by atoms with E-state index in [0.29, 0.717) is 11.4 Å². The molecule has 5 heteroatoms. The van der Waals surface area contributed by atoms with E-state index in [1.807, 2.05) is 11.8 Å². The summed E-state index contributed by atoms with van der Waals surface area (Å²) in [4.78, 5) is 14.8. The van der Waals surface area contributed by atoms with E-state index in [2.05, 4.69) is 11.9 Å². The highest BCUT2D eigenvalue weighted by Crippen LogP contribution is 2.28. The molecule has 1 aliphatic rings. The van der Waals surface area contributed by atoms with Gasteiger partial charge in [0.05, 0.1) is 17.4 Å². The molecule has 0 spiro atoms. The van der Waals surface area contributed by atoms with Gasteiger partial charge in [-0.25, -0.2) is 4.79 Å². The Morgan fingerprint density at radius 2 is 2.47 bits per heavy atom. The lowest BCUT2D eigenvalue weighted by Gasteiger charge is -2.12. The predicted molar refractivity (Wildman–Crippen MR) is 66.3 cm³/mol. The molecule has 0 saturated carbocycles. The molecule has 17 heavy (non-hydrogen) atoms. The second-order valence-corrected chi connectivity index (χ2v) is 5.28. The third-order valence-corrected chi connectivity index (χ3v) is 4.33. The third-order valence-electron chi connectivity index (χ3n) is 2.82. The standard InChI is InChI=1S/C12H15NO3S/c1-8-11(4-5-16-8)17-7-10-3-2-9(6-13-10)12(14)15/h2-3,6,8,11H,4-5,7H2,1H3,(H,14,15). The van der Waals surface area contributed by atoms with E-state index in [1.54, 1.807) is 12.1 Å². The number of ether oxygens (including phenoxy) is 1. The van der Waals surface area contributed by atoms with Crippen LogP contribution in [0.5, 0.6) is 0 Å². The normalized spacial score (nSPS) is 23.8. The lowest BCUT2D eigenvalue weighted by atomic mass is 10.2. The molecular formula is C12H15NO3S. The van der Waals surface area contributed by atoms with Crippen LogP contribution in [0.2, 0.25) is 0 Å². The van der Waals surface area contributed by atoms with Gasteiger partial charge in [0, 0.05) is 23.8 Å². The van der Waals surface area contributed by atoms with Crippen LogP contribution in [0.15, 0.2) is 18.3 Å². The Morgan fingerprint density at radius 3 is 3.00 bits per heavy atom. The minimum Gasteiger partial charge on any atom is -0.478 e. The van der Waals surface area contributed by atoms with Crippen molar-refractivity contribution in [3.63, 3.8) is 0 Å². The number of hydrogen-bond acceptors (Lipinski definition) is 4. The van der Waals surface area contributed by atoms with Gasteiger partial charge in [0.1, 0.15) is 0 Å². The molecule has 2 atom stereocenters. The maximum absolute atomic E-state index is 10.7. The van der Waals surface area contributed by atoms with Gasteiger partial charge in [-0.15, -0.1) is 11.8 Å². The van der Waals surface area contributed by atoms with Gasteiger partial charge in [-0.1, -0.05) is 0 Å². The van der Waals surface area contributed by atoms with Gasteiger partial charge in [0.15, 0.2) is 0 Å².